The van der Waals surface area contributed by atoms with Crippen molar-refractivity contribution < 1.29 is 18.3 Å². The lowest BCUT2D eigenvalue weighted by Crippen LogP contribution is -2.23. The van der Waals surface area contributed by atoms with Crippen LogP contribution in [-0.2, 0) is 13.4 Å². The van der Waals surface area contributed by atoms with Crippen LogP contribution >= 0.6 is 15.3 Å². The Morgan fingerprint density at radius 3 is 1.35 bits per heavy atom. The third kappa shape index (κ3) is 8.95. The lowest BCUT2D eigenvalue weighted by molar-refractivity contribution is -0.189. The normalized spacial score (nSPS) is 15.4. The molecule has 1 atom stereocenters. The minimum absolute atomic E-state index is 0.895. The van der Waals surface area contributed by atoms with E-state index in [1.54, 1.807) is 0 Å². The quantitative estimate of drug-likeness (QED) is 0.722. The van der Waals surface area contributed by atoms with Crippen LogP contribution in [0.25, 0.3) is 0 Å². The Morgan fingerprint density at radius 1 is 1.00 bits per heavy atom. The van der Waals surface area contributed by atoms with E-state index in [1.165, 1.54) is 50.4 Å². The first-order chi connectivity index (χ1) is 7.51. The van der Waals surface area contributed by atoms with Crippen LogP contribution in [-0.4, -0.2) is 44.2 Å². The molecule has 17 heavy (non-hydrogen) atoms. The summed E-state index contributed by atoms with van der Waals surface area (Å²) in [6, 6.07) is 0. The topological polar surface area (TPSA) is 72.9 Å². The van der Waals surface area contributed by atoms with Crippen molar-refractivity contribution in [2.45, 2.75) is 26.7 Å². The second-order valence-electron chi connectivity index (χ2n) is 4.04. The fraction of sp³-hybridized carbons (Fsp3) is 1.00. The van der Waals surface area contributed by atoms with Crippen molar-refractivity contribution in [2.24, 2.45) is 0 Å². The molecule has 0 aromatic heterocycles. The Kier molecular flexibility index (Phi) is 9.71. The van der Waals surface area contributed by atoms with Gasteiger partial charge >= 0.3 is 7.67 Å². The van der Waals surface area contributed by atoms with Gasteiger partial charge in [-0.15, -0.1) is 0 Å². The van der Waals surface area contributed by atoms with Crippen molar-refractivity contribution in [3.05, 3.63) is 0 Å². The van der Waals surface area contributed by atoms with Gasteiger partial charge in [-0.3, -0.25) is 8.88 Å². The molecule has 0 aliphatic rings. The van der Waals surface area contributed by atoms with Gasteiger partial charge in [0, 0.05) is 6.66 Å². The summed E-state index contributed by atoms with van der Waals surface area (Å²) in [5.74, 6) is 0. The van der Waals surface area contributed by atoms with E-state index in [2.05, 4.69) is 18.2 Å². The third-order valence-electron chi connectivity index (χ3n) is 1.77. The molecule has 0 amide bonds. The van der Waals surface area contributed by atoms with Crippen molar-refractivity contribution >= 4 is 15.3 Å². The van der Waals surface area contributed by atoms with Gasteiger partial charge in [-0.2, -0.15) is 0 Å². The molecule has 0 aliphatic carbocycles. The first-order valence-corrected chi connectivity index (χ1v) is 8.98. The molecule has 0 rings (SSSR count). The van der Waals surface area contributed by atoms with Crippen molar-refractivity contribution in [1.82, 2.24) is 9.34 Å². The zero-order valence-corrected chi connectivity index (χ0v) is 13.6. The van der Waals surface area contributed by atoms with Gasteiger partial charge in [0.15, 0.2) is 0 Å². The molecule has 0 radical (unpaired) electrons. The fourth-order valence-electron chi connectivity index (χ4n) is 0.697. The van der Waals surface area contributed by atoms with Crippen LogP contribution in [0.2, 0.25) is 0 Å². The van der Waals surface area contributed by atoms with E-state index in [9.17, 15) is 14.0 Å². The zero-order valence-electron chi connectivity index (χ0n) is 11.8. The van der Waals surface area contributed by atoms with Crippen molar-refractivity contribution in [1.29, 1.82) is 0 Å². The number of hydrogen-bond donors (Lipinski definition) is 0. The monoisotopic (exact) mass is 287 g/mol. The summed E-state index contributed by atoms with van der Waals surface area (Å²) in [7, 11) is -1.40. The second kappa shape index (κ2) is 8.41. The molecule has 106 valence electrons. The molecule has 0 fully saturated rings. The van der Waals surface area contributed by atoms with E-state index in [0.717, 1.165) is 6.66 Å². The summed E-state index contributed by atoms with van der Waals surface area (Å²) in [5, 5.41) is 0. The van der Waals surface area contributed by atoms with Crippen LogP contribution < -0.4 is 4.89 Å². The lowest BCUT2D eigenvalue weighted by Gasteiger charge is -2.33. The fourth-order valence-corrected chi connectivity index (χ4v) is 4.13. The minimum Gasteiger partial charge on any atom is -0.778 e. The number of hydrogen-bond acceptors (Lipinski definition) is 4. The molecule has 0 saturated heterocycles. The van der Waals surface area contributed by atoms with Gasteiger partial charge < -0.3 is 9.46 Å². The molecular formula is C9H25N2O4P2-. The average Bonchev–Trinajstić information content (AvgIpc) is 2.15. The van der Waals surface area contributed by atoms with Crippen LogP contribution in [0.1, 0.15) is 26.7 Å². The van der Waals surface area contributed by atoms with Crippen LogP contribution in [0.5, 0.6) is 0 Å². The molecule has 0 heterocycles. The van der Waals surface area contributed by atoms with E-state index in [1.807, 2.05) is 0 Å². The highest BCUT2D eigenvalue weighted by atomic mass is 31.3. The summed E-state index contributed by atoms with van der Waals surface area (Å²) in [5.41, 5.74) is 0. The minimum atomic E-state index is -3.99. The maximum absolute atomic E-state index is 11.9. The number of nitrogens with zero attached hydrogens (tertiary/aromatic N) is 2. The highest BCUT2D eigenvalue weighted by molar-refractivity contribution is 7.65. The molecule has 0 spiro atoms. The maximum Gasteiger partial charge on any atom is 0.349 e. The van der Waals surface area contributed by atoms with E-state index in [-0.39, 0.29) is 0 Å². The Hall–Kier alpha value is 0.300. The molecule has 0 saturated carbocycles. The highest BCUT2D eigenvalue weighted by Gasteiger charge is 2.32. The smallest absolute Gasteiger partial charge is 0.349 e. The van der Waals surface area contributed by atoms with Gasteiger partial charge in [0.05, 0.1) is 0 Å². The standard InChI is InChI=1S/C5H16N2O4P2.C4H10/c1-6(2)13(10,7(3)4)11-12(5,8)9;1-3-4-2/h1-5H3,(H,8,9);3-4H2,1-2H3/p-1. The molecule has 8 heteroatoms. The molecule has 0 bridgehead atoms. The number of rotatable bonds is 5. The predicted octanol–water partition coefficient (Wildman–Crippen LogP) is 2.22. The van der Waals surface area contributed by atoms with Crippen LogP contribution in [0.3, 0.4) is 0 Å². The van der Waals surface area contributed by atoms with Gasteiger partial charge in [-0.05, 0) is 28.2 Å². The van der Waals surface area contributed by atoms with Gasteiger partial charge in [-0.25, -0.2) is 9.34 Å². The largest absolute Gasteiger partial charge is 0.778 e. The van der Waals surface area contributed by atoms with Gasteiger partial charge in [0.25, 0.3) is 0 Å². The van der Waals surface area contributed by atoms with Crippen LogP contribution in [0.4, 0.5) is 0 Å². The van der Waals surface area contributed by atoms with Gasteiger partial charge in [0.1, 0.15) is 7.60 Å². The Labute approximate surface area is 105 Å². The Balaban J connectivity index is 0. The van der Waals surface area contributed by atoms with Crippen LogP contribution in [0, 0.1) is 0 Å². The summed E-state index contributed by atoms with van der Waals surface area (Å²) in [4.78, 5) is 10.8. The SMILES string of the molecule is CCCC.CN(C)P(=O)(OP(C)(=O)[O-])N(C)C. The molecule has 0 aliphatic heterocycles. The van der Waals surface area contributed by atoms with E-state index >= 15 is 0 Å². The van der Waals surface area contributed by atoms with E-state index < -0.39 is 15.3 Å². The molecule has 0 aromatic carbocycles. The van der Waals surface area contributed by atoms with E-state index in [0.29, 0.717) is 0 Å². The van der Waals surface area contributed by atoms with Gasteiger partial charge in [0.2, 0.25) is 0 Å². The Bertz CT molecular complexity index is 275. The van der Waals surface area contributed by atoms with E-state index in [4.69, 9.17) is 0 Å². The summed E-state index contributed by atoms with van der Waals surface area (Å²) >= 11 is 0. The van der Waals surface area contributed by atoms with Crippen LogP contribution in [0.15, 0.2) is 0 Å². The molecule has 0 aromatic rings. The number of unbranched alkanes of at least 4 members (excludes halogenated alkanes) is 1. The first kappa shape index (κ1) is 19.6. The molecular weight excluding hydrogens is 262 g/mol. The average molecular weight is 287 g/mol. The molecule has 6 nitrogen and oxygen atoms in total. The van der Waals surface area contributed by atoms with Gasteiger partial charge in [-0.1, -0.05) is 26.7 Å². The second-order valence-corrected chi connectivity index (χ2v) is 8.81. The molecule has 1 unspecified atom stereocenters. The zero-order chi connectivity index (χ0) is 14.3. The Morgan fingerprint density at radius 2 is 1.29 bits per heavy atom. The molecule has 0 N–H and O–H groups in total. The van der Waals surface area contributed by atoms with Crippen molar-refractivity contribution in [3.63, 3.8) is 0 Å². The van der Waals surface area contributed by atoms with Crippen molar-refractivity contribution in [2.75, 3.05) is 34.9 Å². The first-order valence-electron chi connectivity index (χ1n) is 5.46. The maximum atomic E-state index is 11.9. The lowest BCUT2D eigenvalue weighted by atomic mass is 10.4. The van der Waals surface area contributed by atoms with Crippen molar-refractivity contribution in [3.8, 4) is 0 Å². The summed E-state index contributed by atoms with van der Waals surface area (Å²) < 4.78 is 29.8. The third-order valence-corrected chi connectivity index (χ3v) is 5.83. The summed E-state index contributed by atoms with van der Waals surface area (Å²) in [6.07, 6.45) is 2.64. The highest BCUT2D eigenvalue weighted by Crippen LogP contribution is 2.60. The predicted molar refractivity (Wildman–Crippen MR) is 70.2 cm³/mol. The summed E-state index contributed by atoms with van der Waals surface area (Å²) in [6.45, 7) is 5.26.